The van der Waals surface area contributed by atoms with Gasteiger partial charge in [0, 0.05) is 34.1 Å². The Morgan fingerprint density at radius 1 is 1.41 bits per heavy atom. The number of thiazole rings is 1. The van der Waals surface area contributed by atoms with E-state index in [9.17, 15) is 4.79 Å². The maximum atomic E-state index is 11.9. The Morgan fingerprint density at radius 3 is 3.05 bits per heavy atom. The van der Waals surface area contributed by atoms with E-state index in [1.54, 1.807) is 18.3 Å². The predicted molar refractivity (Wildman–Crippen MR) is 90.3 cm³/mol. The molecular formula is C14H12Cl2N4OS. The number of carbonyl (C=O) groups is 1. The Kier molecular flexibility index (Phi) is 4.61. The van der Waals surface area contributed by atoms with Crippen molar-refractivity contribution in [3.05, 3.63) is 44.9 Å². The third kappa shape index (κ3) is 3.58. The van der Waals surface area contributed by atoms with Crippen LogP contribution in [0, 0.1) is 0 Å². The normalized spacial score (nSPS) is 13.6. The van der Waals surface area contributed by atoms with Crippen molar-refractivity contribution in [3.8, 4) is 0 Å². The van der Waals surface area contributed by atoms with Gasteiger partial charge in [0.05, 0.1) is 6.54 Å². The van der Waals surface area contributed by atoms with Crippen molar-refractivity contribution in [3.63, 3.8) is 0 Å². The van der Waals surface area contributed by atoms with Crippen LogP contribution in [0.4, 0.5) is 5.13 Å². The van der Waals surface area contributed by atoms with E-state index in [4.69, 9.17) is 23.2 Å². The lowest BCUT2D eigenvalue weighted by Crippen LogP contribution is -2.32. The van der Waals surface area contributed by atoms with Crippen LogP contribution in [0.25, 0.3) is 0 Å². The highest BCUT2D eigenvalue weighted by Crippen LogP contribution is 2.26. The van der Waals surface area contributed by atoms with Gasteiger partial charge in [-0.3, -0.25) is 15.1 Å². The highest BCUT2D eigenvalue weighted by atomic mass is 35.5. The van der Waals surface area contributed by atoms with Gasteiger partial charge >= 0.3 is 0 Å². The SMILES string of the molecule is O=C(Nc1ncc(Cc2cc(Cl)ccc2Cl)s1)C1=NCCN1. The summed E-state index contributed by atoms with van der Waals surface area (Å²) in [6.07, 6.45) is 2.34. The van der Waals surface area contributed by atoms with E-state index in [-0.39, 0.29) is 5.91 Å². The van der Waals surface area contributed by atoms with Gasteiger partial charge in [0.2, 0.25) is 0 Å². The van der Waals surface area contributed by atoms with Crippen LogP contribution in [0.2, 0.25) is 10.0 Å². The van der Waals surface area contributed by atoms with Crippen LogP contribution >= 0.6 is 34.5 Å². The molecule has 0 saturated heterocycles. The number of anilines is 1. The number of nitrogens with zero attached hydrogens (tertiary/aromatic N) is 2. The topological polar surface area (TPSA) is 66.4 Å². The molecule has 2 heterocycles. The summed E-state index contributed by atoms with van der Waals surface area (Å²) < 4.78 is 0. The molecule has 0 spiro atoms. The molecule has 0 radical (unpaired) electrons. The van der Waals surface area contributed by atoms with Crippen LogP contribution in [-0.4, -0.2) is 29.8 Å². The quantitative estimate of drug-likeness (QED) is 0.886. The van der Waals surface area contributed by atoms with Crippen molar-refractivity contribution in [2.45, 2.75) is 6.42 Å². The highest BCUT2D eigenvalue weighted by Gasteiger charge is 2.16. The summed E-state index contributed by atoms with van der Waals surface area (Å²) in [4.78, 5) is 21.2. The molecule has 0 atom stereocenters. The molecule has 22 heavy (non-hydrogen) atoms. The maximum absolute atomic E-state index is 11.9. The second-order valence-electron chi connectivity index (χ2n) is 4.66. The smallest absolute Gasteiger partial charge is 0.292 e. The highest BCUT2D eigenvalue weighted by molar-refractivity contribution is 7.15. The van der Waals surface area contributed by atoms with Crippen molar-refractivity contribution >= 4 is 51.4 Å². The molecular weight excluding hydrogens is 343 g/mol. The van der Waals surface area contributed by atoms with Gasteiger partial charge in [0.1, 0.15) is 0 Å². The van der Waals surface area contributed by atoms with E-state index in [1.165, 1.54) is 11.3 Å². The zero-order valence-electron chi connectivity index (χ0n) is 11.4. The van der Waals surface area contributed by atoms with Crippen LogP contribution in [-0.2, 0) is 11.2 Å². The van der Waals surface area contributed by atoms with Gasteiger partial charge in [-0.2, -0.15) is 0 Å². The molecule has 0 aliphatic carbocycles. The summed E-state index contributed by atoms with van der Waals surface area (Å²) in [5, 5.41) is 7.49. The van der Waals surface area contributed by atoms with Crippen molar-refractivity contribution in [2.24, 2.45) is 4.99 Å². The molecule has 2 N–H and O–H groups in total. The first-order chi connectivity index (χ1) is 10.6. The molecule has 114 valence electrons. The van der Waals surface area contributed by atoms with E-state index in [0.29, 0.717) is 40.5 Å². The van der Waals surface area contributed by atoms with Crippen LogP contribution in [0.3, 0.4) is 0 Å². The van der Waals surface area contributed by atoms with Crippen LogP contribution in [0.1, 0.15) is 10.4 Å². The zero-order valence-corrected chi connectivity index (χ0v) is 13.7. The van der Waals surface area contributed by atoms with Gasteiger partial charge in [-0.1, -0.05) is 23.2 Å². The number of hydrogen-bond donors (Lipinski definition) is 2. The number of carbonyl (C=O) groups excluding carboxylic acids is 1. The number of amides is 1. The van der Waals surface area contributed by atoms with Gasteiger partial charge in [0.25, 0.3) is 5.91 Å². The molecule has 1 aliphatic rings. The summed E-state index contributed by atoms with van der Waals surface area (Å²) in [6, 6.07) is 5.35. The minimum Gasteiger partial charge on any atom is -0.364 e. The minimum atomic E-state index is -0.265. The standard InChI is InChI=1S/C14H12Cl2N4OS/c15-9-1-2-11(16)8(5-9)6-10-7-19-14(22-10)20-13(21)12-17-3-4-18-12/h1-2,5,7H,3-4,6H2,(H,17,18)(H,19,20,21). The fraction of sp³-hybridized carbons (Fsp3) is 0.214. The van der Waals surface area contributed by atoms with Crippen molar-refractivity contribution < 1.29 is 4.79 Å². The van der Waals surface area contributed by atoms with Crippen molar-refractivity contribution in [1.82, 2.24) is 10.3 Å². The Hall–Kier alpha value is -1.63. The molecule has 0 fully saturated rings. The van der Waals surface area contributed by atoms with E-state index in [0.717, 1.165) is 10.4 Å². The second kappa shape index (κ2) is 6.64. The van der Waals surface area contributed by atoms with Gasteiger partial charge in [-0.05, 0) is 23.8 Å². The third-order valence-electron chi connectivity index (χ3n) is 3.04. The van der Waals surface area contributed by atoms with Gasteiger partial charge in [-0.15, -0.1) is 11.3 Å². The third-order valence-corrected chi connectivity index (χ3v) is 4.55. The number of nitrogens with one attached hydrogen (secondary N) is 2. The average molecular weight is 355 g/mol. The molecule has 0 saturated carbocycles. The first kappa shape index (κ1) is 15.3. The average Bonchev–Trinajstić information content (AvgIpc) is 3.14. The largest absolute Gasteiger partial charge is 0.364 e. The number of hydrogen-bond acceptors (Lipinski definition) is 5. The lowest BCUT2D eigenvalue weighted by atomic mass is 10.1. The van der Waals surface area contributed by atoms with Gasteiger partial charge < -0.3 is 5.32 Å². The summed E-state index contributed by atoms with van der Waals surface area (Å²) in [5.74, 6) is 0.0915. The Bertz CT molecular complexity index is 744. The fourth-order valence-corrected chi connectivity index (χ4v) is 3.23. The Labute approximate surface area is 141 Å². The van der Waals surface area contributed by atoms with Crippen LogP contribution in [0.5, 0.6) is 0 Å². The number of halogens is 2. The zero-order chi connectivity index (χ0) is 15.5. The van der Waals surface area contributed by atoms with Gasteiger partial charge in [-0.25, -0.2) is 4.98 Å². The van der Waals surface area contributed by atoms with E-state index < -0.39 is 0 Å². The minimum absolute atomic E-state index is 0.265. The molecule has 0 bridgehead atoms. The van der Waals surface area contributed by atoms with Crippen LogP contribution in [0.15, 0.2) is 29.4 Å². The number of aromatic nitrogens is 1. The molecule has 0 unspecified atom stereocenters. The van der Waals surface area contributed by atoms with E-state index >= 15 is 0 Å². The molecule has 1 aromatic heterocycles. The number of benzene rings is 1. The number of amidine groups is 1. The molecule has 1 aromatic carbocycles. The summed E-state index contributed by atoms with van der Waals surface area (Å²) in [5.41, 5.74) is 0.928. The van der Waals surface area contributed by atoms with Crippen LogP contribution < -0.4 is 10.6 Å². The van der Waals surface area contributed by atoms with Crippen molar-refractivity contribution in [1.29, 1.82) is 0 Å². The van der Waals surface area contributed by atoms with E-state index in [2.05, 4.69) is 20.6 Å². The number of aliphatic imine (C=N–C) groups is 1. The fourth-order valence-electron chi connectivity index (χ4n) is 2.02. The molecule has 8 heteroatoms. The molecule has 1 aliphatic heterocycles. The molecule has 2 aromatic rings. The molecule has 1 amide bonds. The lowest BCUT2D eigenvalue weighted by Gasteiger charge is -2.03. The first-order valence-electron chi connectivity index (χ1n) is 6.60. The predicted octanol–water partition coefficient (Wildman–Crippen LogP) is 2.98. The Morgan fingerprint density at radius 2 is 2.27 bits per heavy atom. The van der Waals surface area contributed by atoms with E-state index in [1.807, 2.05) is 6.07 Å². The lowest BCUT2D eigenvalue weighted by molar-refractivity contribution is -0.110. The van der Waals surface area contributed by atoms with Crippen molar-refractivity contribution in [2.75, 3.05) is 18.4 Å². The maximum Gasteiger partial charge on any atom is 0.292 e. The first-order valence-corrected chi connectivity index (χ1v) is 8.17. The second-order valence-corrected chi connectivity index (χ2v) is 6.61. The Balaban J connectivity index is 1.68. The summed E-state index contributed by atoms with van der Waals surface area (Å²) in [6.45, 7) is 1.32. The number of rotatable bonds is 4. The molecule has 5 nitrogen and oxygen atoms in total. The molecule has 3 rings (SSSR count). The monoisotopic (exact) mass is 354 g/mol. The summed E-state index contributed by atoms with van der Waals surface area (Å²) >= 11 is 13.5. The van der Waals surface area contributed by atoms with Gasteiger partial charge in [0.15, 0.2) is 11.0 Å². The summed E-state index contributed by atoms with van der Waals surface area (Å²) in [7, 11) is 0.